The molecule has 8 heteroatoms. The Morgan fingerprint density at radius 2 is 2.11 bits per heavy atom. The van der Waals surface area contributed by atoms with Gasteiger partial charge in [0.2, 0.25) is 0 Å². The maximum Gasteiger partial charge on any atom is 0.328 e. The molecule has 0 aromatic heterocycles. The van der Waals surface area contributed by atoms with Crippen LogP contribution in [0.3, 0.4) is 0 Å². The Bertz CT molecular complexity index is 545. The molecule has 18 heavy (non-hydrogen) atoms. The predicted molar refractivity (Wildman–Crippen MR) is 64.8 cm³/mol. The van der Waals surface area contributed by atoms with Gasteiger partial charge in [-0.05, 0) is 24.6 Å². The topological polar surface area (TPSA) is 101 Å². The van der Waals surface area contributed by atoms with E-state index in [0.717, 1.165) is 18.2 Å². The molecule has 0 atom stereocenters. The molecule has 0 aliphatic rings. The number of amides is 2. The minimum absolute atomic E-state index is 0.270. The molecule has 0 aliphatic heterocycles. The van der Waals surface area contributed by atoms with Gasteiger partial charge in [0.25, 0.3) is 10.0 Å². The number of nitrogens with two attached hydrogens (primary N) is 1. The molecule has 6 nitrogen and oxygen atoms in total. The van der Waals surface area contributed by atoms with Crippen molar-refractivity contribution in [2.75, 3.05) is 12.3 Å². The first-order chi connectivity index (χ1) is 8.36. The molecule has 0 bridgehead atoms. The Hall–Kier alpha value is -1.83. The zero-order valence-corrected chi connectivity index (χ0v) is 10.6. The summed E-state index contributed by atoms with van der Waals surface area (Å²) in [7, 11) is -4.04. The van der Waals surface area contributed by atoms with Crippen LogP contribution in [0, 0.1) is 5.82 Å². The number of benzene rings is 1. The van der Waals surface area contributed by atoms with E-state index in [1.165, 1.54) is 0 Å². The van der Waals surface area contributed by atoms with E-state index in [1.54, 1.807) is 4.72 Å². The van der Waals surface area contributed by atoms with Crippen LogP contribution in [0.1, 0.15) is 13.3 Å². The molecule has 0 radical (unpaired) electrons. The second kappa shape index (κ2) is 5.67. The zero-order valence-electron chi connectivity index (χ0n) is 9.73. The fourth-order valence-corrected chi connectivity index (χ4v) is 2.11. The largest absolute Gasteiger partial charge is 0.396 e. The number of sulfonamides is 1. The standard InChI is InChI=1S/C10H14FN3O3S/c1-2-5-13-10(15)14-18(16,17)7-3-4-8(11)9(12)6-7/h3-4,6H,2,5,12H2,1H3,(H2,13,14,15). The third kappa shape index (κ3) is 3.59. The molecule has 0 heterocycles. The van der Waals surface area contributed by atoms with E-state index in [-0.39, 0.29) is 10.6 Å². The fraction of sp³-hybridized carbons (Fsp3) is 0.300. The van der Waals surface area contributed by atoms with Gasteiger partial charge in [0.15, 0.2) is 0 Å². The molecular formula is C10H14FN3O3S. The number of hydrogen-bond donors (Lipinski definition) is 3. The minimum atomic E-state index is -4.04. The quantitative estimate of drug-likeness (QED) is 0.707. The number of nitrogen functional groups attached to an aromatic ring is 1. The molecule has 0 spiro atoms. The van der Waals surface area contributed by atoms with Crippen LogP contribution in [-0.2, 0) is 10.0 Å². The van der Waals surface area contributed by atoms with Crippen LogP contribution >= 0.6 is 0 Å². The summed E-state index contributed by atoms with van der Waals surface area (Å²) >= 11 is 0. The van der Waals surface area contributed by atoms with Crippen molar-refractivity contribution in [3.05, 3.63) is 24.0 Å². The summed E-state index contributed by atoms with van der Waals surface area (Å²) in [4.78, 5) is 11.0. The number of nitrogens with one attached hydrogen (secondary N) is 2. The SMILES string of the molecule is CCCNC(=O)NS(=O)(=O)c1ccc(F)c(N)c1. The Labute approximate surface area is 104 Å². The normalized spacial score (nSPS) is 11.0. The number of halogens is 1. The van der Waals surface area contributed by atoms with Gasteiger partial charge in [0, 0.05) is 6.54 Å². The van der Waals surface area contributed by atoms with E-state index >= 15 is 0 Å². The zero-order chi connectivity index (χ0) is 13.8. The van der Waals surface area contributed by atoms with Crippen LogP contribution in [0.5, 0.6) is 0 Å². The second-order valence-electron chi connectivity index (χ2n) is 3.54. The van der Waals surface area contributed by atoms with Gasteiger partial charge in [-0.2, -0.15) is 0 Å². The summed E-state index contributed by atoms with van der Waals surface area (Å²) in [5.41, 5.74) is 4.96. The Kier molecular flexibility index (Phi) is 4.49. The van der Waals surface area contributed by atoms with Crippen LogP contribution in [0.2, 0.25) is 0 Å². The third-order valence-corrected chi connectivity index (χ3v) is 3.37. The summed E-state index contributed by atoms with van der Waals surface area (Å²) < 4.78 is 38.1. The van der Waals surface area contributed by atoms with Crippen molar-refractivity contribution in [1.82, 2.24) is 10.0 Å². The van der Waals surface area contributed by atoms with Gasteiger partial charge < -0.3 is 11.1 Å². The molecule has 0 fully saturated rings. The van der Waals surface area contributed by atoms with Crippen molar-refractivity contribution in [1.29, 1.82) is 0 Å². The molecular weight excluding hydrogens is 261 g/mol. The molecule has 2 amide bonds. The molecule has 1 aromatic rings. The Morgan fingerprint density at radius 3 is 2.67 bits per heavy atom. The van der Waals surface area contributed by atoms with Crippen molar-refractivity contribution in [3.8, 4) is 0 Å². The van der Waals surface area contributed by atoms with Crippen LogP contribution in [-0.4, -0.2) is 21.0 Å². The highest BCUT2D eigenvalue weighted by Crippen LogP contribution is 2.16. The number of urea groups is 1. The lowest BCUT2D eigenvalue weighted by Gasteiger charge is -2.08. The number of rotatable bonds is 4. The van der Waals surface area contributed by atoms with Crippen LogP contribution in [0.15, 0.2) is 23.1 Å². The number of carbonyl (C=O) groups is 1. The summed E-state index contributed by atoms with van der Waals surface area (Å²) in [6.07, 6.45) is 0.678. The lowest BCUT2D eigenvalue weighted by Crippen LogP contribution is -2.39. The number of carbonyl (C=O) groups excluding carboxylic acids is 1. The Balaban J connectivity index is 2.86. The lowest BCUT2D eigenvalue weighted by molar-refractivity contribution is 0.246. The van der Waals surface area contributed by atoms with E-state index < -0.39 is 21.9 Å². The smallest absolute Gasteiger partial charge is 0.328 e. The fourth-order valence-electron chi connectivity index (χ4n) is 1.14. The average Bonchev–Trinajstić information content (AvgIpc) is 2.29. The maximum atomic E-state index is 12.9. The van der Waals surface area contributed by atoms with E-state index in [4.69, 9.17) is 5.73 Å². The molecule has 1 aromatic carbocycles. The molecule has 4 N–H and O–H groups in total. The van der Waals surface area contributed by atoms with Crippen molar-refractivity contribution in [2.45, 2.75) is 18.2 Å². The van der Waals surface area contributed by atoms with Gasteiger partial charge in [-0.1, -0.05) is 6.92 Å². The number of hydrogen-bond acceptors (Lipinski definition) is 4. The Morgan fingerprint density at radius 1 is 1.44 bits per heavy atom. The predicted octanol–water partition coefficient (Wildman–Crippen LogP) is 0.806. The van der Waals surface area contributed by atoms with E-state index in [2.05, 4.69) is 5.32 Å². The third-order valence-electron chi connectivity index (χ3n) is 2.04. The van der Waals surface area contributed by atoms with Gasteiger partial charge in [0.05, 0.1) is 10.6 Å². The summed E-state index contributed by atoms with van der Waals surface area (Å²) in [5.74, 6) is -0.718. The molecule has 1 rings (SSSR count). The summed E-state index contributed by atoms with van der Waals surface area (Å²) in [6.45, 7) is 2.18. The molecule has 0 saturated heterocycles. The molecule has 0 saturated carbocycles. The summed E-state index contributed by atoms with van der Waals surface area (Å²) in [5, 5.41) is 2.35. The molecule has 0 unspecified atom stereocenters. The van der Waals surface area contributed by atoms with Gasteiger partial charge in [0.1, 0.15) is 5.82 Å². The highest BCUT2D eigenvalue weighted by Gasteiger charge is 2.18. The first-order valence-electron chi connectivity index (χ1n) is 5.22. The number of anilines is 1. The minimum Gasteiger partial charge on any atom is -0.396 e. The second-order valence-corrected chi connectivity index (χ2v) is 5.23. The van der Waals surface area contributed by atoms with Gasteiger partial charge in [-0.15, -0.1) is 0 Å². The van der Waals surface area contributed by atoms with Crippen molar-refractivity contribution < 1.29 is 17.6 Å². The van der Waals surface area contributed by atoms with Crippen LogP contribution in [0.4, 0.5) is 14.9 Å². The first kappa shape index (κ1) is 14.2. The van der Waals surface area contributed by atoms with E-state index in [1.807, 2.05) is 6.92 Å². The van der Waals surface area contributed by atoms with Gasteiger partial charge >= 0.3 is 6.03 Å². The average molecular weight is 275 g/mol. The van der Waals surface area contributed by atoms with E-state index in [0.29, 0.717) is 13.0 Å². The highest BCUT2D eigenvalue weighted by molar-refractivity contribution is 7.90. The van der Waals surface area contributed by atoms with Crippen molar-refractivity contribution in [2.24, 2.45) is 0 Å². The van der Waals surface area contributed by atoms with E-state index in [9.17, 15) is 17.6 Å². The highest BCUT2D eigenvalue weighted by atomic mass is 32.2. The van der Waals surface area contributed by atoms with Crippen LogP contribution < -0.4 is 15.8 Å². The summed E-state index contributed by atoms with van der Waals surface area (Å²) in [6, 6.07) is 2.07. The van der Waals surface area contributed by atoms with Gasteiger partial charge in [-0.25, -0.2) is 22.3 Å². The first-order valence-corrected chi connectivity index (χ1v) is 6.71. The molecule has 100 valence electrons. The van der Waals surface area contributed by atoms with Crippen molar-refractivity contribution in [3.63, 3.8) is 0 Å². The lowest BCUT2D eigenvalue weighted by atomic mass is 10.3. The monoisotopic (exact) mass is 275 g/mol. The van der Waals surface area contributed by atoms with Gasteiger partial charge in [-0.3, -0.25) is 0 Å². The molecule has 0 aliphatic carbocycles. The van der Waals surface area contributed by atoms with Crippen molar-refractivity contribution >= 4 is 21.7 Å². The maximum absolute atomic E-state index is 12.9. The van der Waals surface area contributed by atoms with Crippen LogP contribution in [0.25, 0.3) is 0 Å².